The summed E-state index contributed by atoms with van der Waals surface area (Å²) in [6.07, 6.45) is 0. The molecule has 0 spiro atoms. The maximum absolute atomic E-state index is 9.32. The van der Waals surface area contributed by atoms with Crippen LogP contribution in [0.3, 0.4) is 0 Å². The lowest BCUT2D eigenvalue weighted by molar-refractivity contribution is 0.463. The van der Waals surface area contributed by atoms with E-state index in [1.165, 1.54) is 0 Å². The van der Waals surface area contributed by atoms with Gasteiger partial charge in [0.1, 0.15) is 5.75 Å². The highest BCUT2D eigenvalue weighted by Gasteiger charge is 1.97. The first kappa shape index (κ1) is 9.34. The summed E-state index contributed by atoms with van der Waals surface area (Å²) >= 11 is 0. The number of phenolic OH excluding ortho intramolecular Hbond substituents is 1. The number of nitrogens with one attached hydrogen (secondary N) is 3. The molecule has 0 unspecified atom stereocenters. The summed E-state index contributed by atoms with van der Waals surface area (Å²) in [5.74, 6) is 0.0655. The number of benzene rings is 1. The number of aromatic hydroxyl groups is 1. The third kappa shape index (κ3) is 3.00. The molecule has 0 aromatic heterocycles. The van der Waals surface area contributed by atoms with Gasteiger partial charge in [0, 0.05) is 12.1 Å². The van der Waals surface area contributed by atoms with Crippen molar-refractivity contribution in [1.29, 1.82) is 5.41 Å². The van der Waals surface area contributed by atoms with Crippen LogP contribution in [0, 0.1) is 5.41 Å². The van der Waals surface area contributed by atoms with E-state index in [4.69, 9.17) is 11.1 Å². The van der Waals surface area contributed by atoms with E-state index in [2.05, 4.69) is 10.9 Å². The summed E-state index contributed by atoms with van der Waals surface area (Å²) < 4.78 is 0. The number of hydrazine groups is 1. The summed E-state index contributed by atoms with van der Waals surface area (Å²) in [5.41, 5.74) is 10.9. The third-order valence-corrected chi connectivity index (χ3v) is 1.49. The molecule has 5 nitrogen and oxygen atoms in total. The maximum atomic E-state index is 9.32. The van der Waals surface area contributed by atoms with E-state index < -0.39 is 0 Å². The molecule has 0 heterocycles. The van der Waals surface area contributed by atoms with Crippen molar-refractivity contribution < 1.29 is 5.11 Å². The lowest BCUT2D eigenvalue weighted by Crippen LogP contribution is -2.41. The SMILES string of the molecule is N=C(N)NNCc1ccccc1O. The van der Waals surface area contributed by atoms with Crippen molar-refractivity contribution in [3.05, 3.63) is 29.8 Å². The Morgan fingerprint density at radius 1 is 1.46 bits per heavy atom. The van der Waals surface area contributed by atoms with Crippen LogP contribution in [0.1, 0.15) is 5.56 Å². The van der Waals surface area contributed by atoms with Crippen molar-refractivity contribution in [3.63, 3.8) is 0 Å². The third-order valence-electron chi connectivity index (χ3n) is 1.49. The molecular formula is C8H12N4O. The van der Waals surface area contributed by atoms with Crippen molar-refractivity contribution in [2.24, 2.45) is 5.73 Å². The summed E-state index contributed by atoms with van der Waals surface area (Å²) in [5, 5.41) is 16.2. The molecule has 0 radical (unpaired) electrons. The number of nitrogens with two attached hydrogens (primary N) is 1. The second-order valence-electron chi connectivity index (χ2n) is 2.52. The Bertz CT molecular complexity index is 300. The molecule has 0 fully saturated rings. The molecule has 0 amide bonds. The zero-order chi connectivity index (χ0) is 9.68. The Kier molecular flexibility index (Phi) is 3.10. The topological polar surface area (TPSA) is 94.2 Å². The van der Waals surface area contributed by atoms with Gasteiger partial charge in [0.15, 0.2) is 5.96 Å². The predicted octanol–water partition coefficient (Wildman–Crippen LogP) is -0.120. The molecule has 6 N–H and O–H groups in total. The van der Waals surface area contributed by atoms with Gasteiger partial charge in [0.05, 0.1) is 0 Å². The van der Waals surface area contributed by atoms with Crippen LogP contribution in [-0.4, -0.2) is 11.1 Å². The smallest absolute Gasteiger partial charge is 0.200 e. The van der Waals surface area contributed by atoms with Crippen LogP contribution >= 0.6 is 0 Å². The van der Waals surface area contributed by atoms with Crippen LogP contribution in [-0.2, 0) is 6.54 Å². The molecule has 0 atom stereocenters. The second kappa shape index (κ2) is 4.32. The molecule has 0 saturated carbocycles. The quantitative estimate of drug-likeness (QED) is 0.254. The molecule has 0 bridgehead atoms. The van der Waals surface area contributed by atoms with Crippen molar-refractivity contribution in [2.45, 2.75) is 6.54 Å². The predicted molar refractivity (Wildman–Crippen MR) is 50.0 cm³/mol. The molecule has 5 heteroatoms. The number of para-hydroxylation sites is 1. The first-order valence-corrected chi connectivity index (χ1v) is 3.80. The molecule has 1 rings (SSSR count). The minimum atomic E-state index is -0.157. The number of guanidine groups is 1. The molecule has 0 aliphatic carbocycles. The first-order valence-electron chi connectivity index (χ1n) is 3.80. The van der Waals surface area contributed by atoms with E-state index in [0.717, 1.165) is 5.56 Å². The lowest BCUT2D eigenvalue weighted by atomic mass is 10.2. The van der Waals surface area contributed by atoms with Gasteiger partial charge in [0.2, 0.25) is 0 Å². The summed E-state index contributed by atoms with van der Waals surface area (Å²) in [4.78, 5) is 0. The van der Waals surface area contributed by atoms with Gasteiger partial charge in [-0.05, 0) is 6.07 Å². The van der Waals surface area contributed by atoms with Crippen LogP contribution in [0.4, 0.5) is 0 Å². The fourth-order valence-corrected chi connectivity index (χ4v) is 0.895. The maximum Gasteiger partial charge on any atom is 0.200 e. The Morgan fingerprint density at radius 3 is 2.77 bits per heavy atom. The van der Waals surface area contributed by atoms with Gasteiger partial charge in [-0.2, -0.15) is 0 Å². The van der Waals surface area contributed by atoms with Crippen LogP contribution in [0.2, 0.25) is 0 Å². The zero-order valence-electron chi connectivity index (χ0n) is 7.04. The Morgan fingerprint density at radius 2 is 2.15 bits per heavy atom. The molecule has 0 saturated heterocycles. The van der Waals surface area contributed by atoms with Crippen LogP contribution in [0.15, 0.2) is 24.3 Å². The minimum absolute atomic E-state index is 0.157. The highest BCUT2D eigenvalue weighted by Crippen LogP contribution is 2.14. The average Bonchev–Trinajstić information content (AvgIpc) is 2.08. The van der Waals surface area contributed by atoms with Crippen molar-refractivity contribution in [2.75, 3.05) is 0 Å². The van der Waals surface area contributed by atoms with Crippen molar-refractivity contribution in [1.82, 2.24) is 10.9 Å². The van der Waals surface area contributed by atoms with Crippen molar-refractivity contribution in [3.8, 4) is 5.75 Å². The van der Waals surface area contributed by atoms with E-state index in [1.54, 1.807) is 18.2 Å². The van der Waals surface area contributed by atoms with Crippen molar-refractivity contribution >= 4 is 5.96 Å². The van der Waals surface area contributed by atoms with E-state index in [0.29, 0.717) is 6.54 Å². The van der Waals surface area contributed by atoms with Gasteiger partial charge in [0.25, 0.3) is 0 Å². The van der Waals surface area contributed by atoms with Gasteiger partial charge in [-0.3, -0.25) is 10.8 Å². The fourth-order valence-electron chi connectivity index (χ4n) is 0.895. The number of hydrogen-bond donors (Lipinski definition) is 5. The van der Waals surface area contributed by atoms with E-state index in [1.807, 2.05) is 6.07 Å². The second-order valence-corrected chi connectivity index (χ2v) is 2.52. The number of phenols is 1. The summed E-state index contributed by atoms with van der Waals surface area (Å²) in [6.45, 7) is 0.409. The molecule has 0 aliphatic heterocycles. The highest BCUT2D eigenvalue weighted by atomic mass is 16.3. The molecule has 1 aromatic carbocycles. The molecular weight excluding hydrogens is 168 g/mol. The van der Waals surface area contributed by atoms with E-state index in [-0.39, 0.29) is 11.7 Å². The van der Waals surface area contributed by atoms with E-state index >= 15 is 0 Å². The van der Waals surface area contributed by atoms with Crippen LogP contribution < -0.4 is 16.6 Å². The van der Waals surface area contributed by atoms with Gasteiger partial charge < -0.3 is 10.8 Å². The van der Waals surface area contributed by atoms with Crippen LogP contribution in [0.25, 0.3) is 0 Å². The average molecular weight is 180 g/mol. The fraction of sp³-hybridized carbons (Fsp3) is 0.125. The monoisotopic (exact) mass is 180 g/mol. The standard InChI is InChI=1S/C8H12N4O/c9-8(10)12-11-5-6-3-1-2-4-7(6)13/h1-4,11,13H,5H2,(H4,9,10,12). The lowest BCUT2D eigenvalue weighted by Gasteiger charge is -2.07. The highest BCUT2D eigenvalue weighted by molar-refractivity contribution is 5.73. The van der Waals surface area contributed by atoms with Crippen LogP contribution in [0.5, 0.6) is 5.75 Å². The Labute approximate surface area is 76.1 Å². The molecule has 1 aromatic rings. The zero-order valence-corrected chi connectivity index (χ0v) is 7.04. The molecule has 13 heavy (non-hydrogen) atoms. The first-order chi connectivity index (χ1) is 6.20. The van der Waals surface area contributed by atoms with Gasteiger partial charge in [-0.1, -0.05) is 18.2 Å². The number of hydrogen-bond acceptors (Lipinski definition) is 3. The normalized spacial score (nSPS) is 9.54. The Hall–Kier alpha value is -1.75. The van der Waals surface area contributed by atoms with E-state index in [9.17, 15) is 5.11 Å². The molecule has 0 aliphatic rings. The van der Waals surface area contributed by atoms with Gasteiger partial charge in [-0.15, -0.1) is 0 Å². The summed E-state index contributed by atoms with van der Waals surface area (Å²) in [7, 11) is 0. The molecule has 70 valence electrons. The number of rotatable bonds is 3. The van der Waals surface area contributed by atoms with Gasteiger partial charge >= 0.3 is 0 Å². The largest absolute Gasteiger partial charge is 0.508 e. The Balaban J connectivity index is 2.45. The minimum Gasteiger partial charge on any atom is -0.508 e. The summed E-state index contributed by atoms with van der Waals surface area (Å²) in [6, 6.07) is 6.96. The van der Waals surface area contributed by atoms with Gasteiger partial charge in [-0.25, -0.2) is 5.43 Å².